The van der Waals surface area contributed by atoms with Crippen molar-refractivity contribution in [1.82, 2.24) is 0 Å². The van der Waals surface area contributed by atoms with Crippen molar-refractivity contribution in [3.63, 3.8) is 0 Å². The zero-order valence-corrected chi connectivity index (χ0v) is 17.0. The molecular weight excluding hydrogens is 390 g/mol. The van der Waals surface area contributed by atoms with Crippen LogP contribution in [0.3, 0.4) is 0 Å². The molecule has 0 aromatic heterocycles. The second-order valence-electron chi connectivity index (χ2n) is 6.24. The Kier molecular flexibility index (Phi) is 6.98. The van der Waals surface area contributed by atoms with Crippen LogP contribution in [-0.2, 0) is 4.79 Å². The minimum absolute atomic E-state index is 0.288. The molecule has 0 aliphatic rings. The predicted octanol–water partition coefficient (Wildman–Crippen LogP) is 5.94. The SMILES string of the molecule is CC[C@H](Oc1ccc(OC)cc1)C(=O)Nc1cc(Cl)ccc1Oc1ccccc1. The number of benzene rings is 3. The summed E-state index contributed by atoms with van der Waals surface area (Å²) in [5, 5.41) is 3.36. The number of nitrogens with one attached hydrogen (secondary N) is 1. The number of amides is 1. The first-order chi connectivity index (χ1) is 14.1. The maximum Gasteiger partial charge on any atom is 0.265 e. The van der Waals surface area contributed by atoms with Gasteiger partial charge in [-0.1, -0.05) is 36.7 Å². The molecule has 0 fully saturated rings. The Morgan fingerprint density at radius 2 is 1.66 bits per heavy atom. The lowest BCUT2D eigenvalue weighted by Crippen LogP contribution is -2.32. The molecule has 3 aromatic carbocycles. The standard InChI is InChI=1S/C23H22ClNO4/c1-3-21(28-19-12-10-17(27-2)11-13-19)23(26)25-20-15-16(24)9-14-22(20)29-18-7-5-4-6-8-18/h4-15,21H,3H2,1-2H3,(H,25,26)/t21-/m0/s1. The zero-order valence-electron chi connectivity index (χ0n) is 16.2. The molecular formula is C23H22ClNO4. The van der Waals surface area contributed by atoms with E-state index >= 15 is 0 Å². The maximum atomic E-state index is 12.8. The van der Waals surface area contributed by atoms with Gasteiger partial charge < -0.3 is 19.5 Å². The smallest absolute Gasteiger partial charge is 0.265 e. The van der Waals surface area contributed by atoms with E-state index in [1.54, 1.807) is 49.6 Å². The molecule has 1 amide bonds. The number of carbonyl (C=O) groups excluding carboxylic acids is 1. The number of rotatable bonds is 8. The summed E-state index contributed by atoms with van der Waals surface area (Å²) < 4.78 is 16.9. The Morgan fingerprint density at radius 3 is 2.31 bits per heavy atom. The van der Waals surface area contributed by atoms with Crippen LogP contribution < -0.4 is 19.5 Å². The number of hydrogen-bond acceptors (Lipinski definition) is 4. The van der Waals surface area contributed by atoms with Gasteiger partial charge in [0, 0.05) is 5.02 Å². The highest BCUT2D eigenvalue weighted by molar-refractivity contribution is 6.31. The first-order valence-corrected chi connectivity index (χ1v) is 9.61. The number of para-hydroxylation sites is 1. The molecule has 3 rings (SSSR count). The Labute approximate surface area is 175 Å². The highest BCUT2D eigenvalue weighted by Crippen LogP contribution is 2.32. The summed E-state index contributed by atoms with van der Waals surface area (Å²) >= 11 is 6.13. The van der Waals surface area contributed by atoms with Crippen LogP contribution in [0.1, 0.15) is 13.3 Å². The van der Waals surface area contributed by atoms with Gasteiger partial charge in [0.1, 0.15) is 17.2 Å². The largest absolute Gasteiger partial charge is 0.497 e. The minimum Gasteiger partial charge on any atom is -0.497 e. The molecule has 1 N–H and O–H groups in total. The van der Waals surface area contributed by atoms with Crippen molar-refractivity contribution in [2.24, 2.45) is 0 Å². The van der Waals surface area contributed by atoms with Gasteiger partial charge in [-0.15, -0.1) is 0 Å². The molecule has 1 atom stereocenters. The molecule has 5 nitrogen and oxygen atoms in total. The third kappa shape index (κ3) is 5.65. The van der Waals surface area contributed by atoms with Gasteiger partial charge in [0.05, 0.1) is 12.8 Å². The Bertz CT molecular complexity index is 945. The van der Waals surface area contributed by atoms with Gasteiger partial charge >= 0.3 is 0 Å². The Morgan fingerprint density at radius 1 is 0.966 bits per heavy atom. The molecule has 0 saturated heterocycles. The van der Waals surface area contributed by atoms with E-state index in [1.165, 1.54) is 0 Å². The van der Waals surface area contributed by atoms with E-state index in [0.717, 1.165) is 5.75 Å². The average molecular weight is 412 g/mol. The third-order valence-electron chi connectivity index (χ3n) is 4.17. The van der Waals surface area contributed by atoms with Crippen molar-refractivity contribution in [1.29, 1.82) is 0 Å². The van der Waals surface area contributed by atoms with E-state index in [1.807, 2.05) is 37.3 Å². The molecule has 0 aliphatic heterocycles. The quantitative estimate of drug-likeness (QED) is 0.498. The van der Waals surface area contributed by atoms with E-state index in [4.69, 9.17) is 25.8 Å². The first-order valence-electron chi connectivity index (χ1n) is 9.23. The summed E-state index contributed by atoms with van der Waals surface area (Å²) in [6, 6.07) is 21.5. The van der Waals surface area contributed by atoms with Crippen LogP contribution in [0.15, 0.2) is 72.8 Å². The molecule has 29 heavy (non-hydrogen) atoms. The van der Waals surface area contributed by atoms with Crippen LogP contribution in [0.4, 0.5) is 5.69 Å². The molecule has 150 valence electrons. The molecule has 0 aliphatic carbocycles. The van der Waals surface area contributed by atoms with Crippen LogP contribution in [0.25, 0.3) is 0 Å². The van der Waals surface area contributed by atoms with Gasteiger partial charge in [-0.25, -0.2) is 0 Å². The summed E-state index contributed by atoms with van der Waals surface area (Å²) in [6.07, 6.45) is -0.181. The summed E-state index contributed by atoms with van der Waals surface area (Å²) in [6.45, 7) is 1.88. The minimum atomic E-state index is -0.674. The van der Waals surface area contributed by atoms with Crippen LogP contribution in [0.2, 0.25) is 5.02 Å². The van der Waals surface area contributed by atoms with Crippen LogP contribution >= 0.6 is 11.6 Å². The van der Waals surface area contributed by atoms with E-state index in [-0.39, 0.29) is 5.91 Å². The number of halogens is 1. The van der Waals surface area contributed by atoms with Crippen LogP contribution in [0, 0.1) is 0 Å². The maximum absolute atomic E-state index is 12.8. The van der Waals surface area contributed by atoms with Crippen molar-refractivity contribution in [2.45, 2.75) is 19.4 Å². The van der Waals surface area contributed by atoms with Gasteiger partial charge in [-0.2, -0.15) is 0 Å². The topological polar surface area (TPSA) is 56.8 Å². The Hall–Kier alpha value is -3.18. The van der Waals surface area contributed by atoms with E-state index in [9.17, 15) is 4.79 Å². The van der Waals surface area contributed by atoms with Crippen molar-refractivity contribution in [3.05, 3.63) is 77.8 Å². The second kappa shape index (κ2) is 9.85. The second-order valence-corrected chi connectivity index (χ2v) is 6.67. The molecule has 0 heterocycles. The fourth-order valence-electron chi connectivity index (χ4n) is 2.66. The summed E-state index contributed by atoms with van der Waals surface area (Å²) in [4.78, 5) is 12.8. The van der Waals surface area contributed by atoms with Gasteiger partial charge in [-0.05, 0) is 61.0 Å². The van der Waals surface area contributed by atoms with Crippen LogP contribution in [-0.4, -0.2) is 19.1 Å². The van der Waals surface area contributed by atoms with Crippen molar-refractivity contribution < 1.29 is 19.0 Å². The Balaban J connectivity index is 1.74. The fraction of sp³-hybridized carbons (Fsp3) is 0.174. The highest BCUT2D eigenvalue weighted by Gasteiger charge is 2.20. The van der Waals surface area contributed by atoms with Gasteiger partial charge in [0.2, 0.25) is 0 Å². The lowest BCUT2D eigenvalue weighted by atomic mass is 10.2. The van der Waals surface area contributed by atoms with Gasteiger partial charge in [0.25, 0.3) is 5.91 Å². The number of anilines is 1. The normalized spacial score (nSPS) is 11.4. The number of ether oxygens (including phenoxy) is 3. The van der Waals surface area contributed by atoms with Gasteiger partial charge in [0.15, 0.2) is 11.9 Å². The average Bonchev–Trinajstić information content (AvgIpc) is 2.75. The number of hydrogen-bond donors (Lipinski definition) is 1. The lowest BCUT2D eigenvalue weighted by molar-refractivity contribution is -0.122. The summed E-state index contributed by atoms with van der Waals surface area (Å²) in [5.74, 6) is 2.17. The number of methoxy groups -OCH3 is 1. The molecule has 6 heteroatoms. The highest BCUT2D eigenvalue weighted by atomic mass is 35.5. The monoisotopic (exact) mass is 411 g/mol. The zero-order chi connectivity index (χ0) is 20.6. The van der Waals surface area contributed by atoms with E-state index < -0.39 is 6.10 Å². The van der Waals surface area contributed by atoms with Gasteiger partial charge in [-0.3, -0.25) is 4.79 Å². The van der Waals surface area contributed by atoms with Crippen molar-refractivity contribution in [2.75, 3.05) is 12.4 Å². The summed E-state index contributed by atoms with van der Waals surface area (Å²) in [7, 11) is 1.60. The molecule has 0 spiro atoms. The fourth-order valence-corrected chi connectivity index (χ4v) is 2.83. The molecule has 0 unspecified atom stereocenters. The van der Waals surface area contributed by atoms with Crippen molar-refractivity contribution in [3.8, 4) is 23.0 Å². The lowest BCUT2D eigenvalue weighted by Gasteiger charge is -2.19. The third-order valence-corrected chi connectivity index (χ3v) is 4.41. The molecule has 0 saturated carbocycles. The number of carbonyl (C=O) groups is 1. The van der Waals surface area contributed by atoms with Crippen LogP contribution in [0.5, 0.6) is 23.0 Å². The summed E-state index contributed by atoms with van der Waals surface area (Å²) in [5.41, 5.74) is 0.475. The molecule has 3 aromatic rings. The first kappa shape index (κ1) is 20.6. The predicted molar refractivity (Wildman–Crippen MR) is 114 cm³/mol. The van der Waals surface area contributed by atoms with Crippen molar-refractivity contribution >= 4 is 23.2 Å². The molecule has 0 radical (unpaired) electrons. The van der Waals surface area contributed by atoms with E-state index in [2.05, 4.69) is 5.32 Å². The molecule has 0 bridgehead atoms. The van der Waals surface area contributed by atoms with E-state index in [0.29, 0.717) is 34.4 Å².